The van der Waals surface area contributed by atoms with Crippen LogP contribution in [0.15, 0.2) is 57.9 Å². The second-order valence-electron chi connectivity index (χ2n) is 3.65. The summed E-state index contributed by atoms with van der Waals surface area (Å²) >= 11 is 3.45. The molecule has 2 nitrogen and oxygen atoms in total. The molecule has 2 aromatic carbocycles. The molecule has 4 heteroatoms. The molecule has 0 heterocycles. The van der Waals surface area contributed by atoms with Gasteiger partial charge in [0.25, 0.3) is 0 Å². The first-order chi connectivity index (χ1) is 8.16. The zero-order valence-electron chi connectivity index (χ0n) is 9.10. The zero-order valence-corrected chi connectivity index (χ0v) is 11.5. The maximum Gasteiger partial charge on any atom is 0.0574 e. The van der Waals surface area contributed by atoms with E-state index in [9.17, 15) is 4.21 Å². The van der Waals surface area contributed by atoms with Gasteiger partial charge in [-0.25, -0.2) is 0 Å². The van der Waals surface area contributed by atoms with Gasteiger partial charge in [0, 0.05) is 15.1 Å². The van der Waals surface area contributed by atoms with Crippen LogP contribution >= 0.6 is 15.9 Å². The Hall–Kier alpha value is -1.13. The Balaban J connectivity index is 2.17. The van der Waals surface area contributed by atoms with Crippen LogP contribution in [0.3, 0.4) is 0 Å². The largest absolute Gasteiger partial charge is 0.399 e. The maximum atomic E-state index is 12.1. The van der Waals surface area contributed by atoms with Crippen LogP contribution < -0.4 is 5.73 Å². The molecule has 1 atom stereocenters. The van der Waals surface area contributed by atoms with Crippen molar-refractivity contribution in [2.24, 2.45) is 0 Å². The van der Waals surface area contributed by atoms with Gasteiger partial charge in [-0.3, -0.25) is 4.21 Å². The molecule has 0 aliphatic heterocycles. The Morgan fingerprint density at radius 3 is 2.35 bits per heavy atom. The van der Waals surface area contributed by atoms with Gasteiger partial charge in [-0.1, -0.05) is 34.1 Å². The summed E-state index contributed by atoms with van der Waals surface area (Å²) in [5.41, 5.74) is 7.33. The molecule has 1 unspecified atom stereocenters. The Morgan fingerprint density at radius 1 is 1.06 bits per heavy atom. The number of benzene rings is 2. The smallest absolute Gasteiger partial charge is 0.0574 e. The van der Waals surface area contributed by atoms with E-state index >= 15 is 0 Å². The Labute approximate surface area is 111 Å². The number of rotatable bonds is 3. The maximum absolute atomic E-state index is 12.1. The molecule has 17 heavy (non-hydrogen) atoms. The van der Waals surface area contributed by atoms with Crippen molar-refractivity contribution in [2.45, 2.75) is 10.6 Å². The van der Waals surface area contributed by atoms with Crippen molar-refractivity contribution in [3.05, 3.63) is 58.6 Å². The number of halogens is 1. The van der Waals surface area contributed by atoms with E-state index in [1.165, 1.54) is 0 Å². The third-order valence-electron chi connectivity index (χ3n) is 2.39. The molecular formula is C13H12BrNOS. The fourth-order valence-electron chi connectivity index (χ4n) is 1.46. The van der Waals surface area contributed by atoms with Gasteiger partial charge in [0.05, 0.1) is 16.6 Å². The number of anilines is 1. The summed E-state index contributed by atoms with van der Waals surface area (Å²) in [6.07, 6.45) is 0. The minimum Gasteiger partial charge on any atom is -0.399 e. The van der Waals surface area contributed by atoms with Gasteiger partial charge < -0.3 is 5.73 Å². The normalized spacial score (nSPS) is 12.3. The fraction of sp³-hybridized carbons (Fsp3) is 0.0769. The number of hydrogen-bond acceptors (Lipinski definition) is 2. The molecule has 0 saturated carbocycles. The zero-order chi connectivity index (χ0) is 12.3. The third-order valence-corrected chi connectivity index (χ3v) is 4.53. The van der Waals surface area contributed by atoms with Crippen molar-refractivity contribution in [3.8, 4) is 0 Å². The van der Waals surface area contributed by atoms with Crippen LogP contribution in [0.25, 0.3) is 0 Å². The van der Waals surface area contributed by atoms with Crippen molar-refractivity contribution in [1.82, 2.24) is 0 Å². The van der Waals surface area contributed by atoms with E-state index in [0.717, 1.165) is 14.9 Å². The summed E-state index contributed by atoms with van der Waals surface area (Å²) in [7, 11) is -1.04. The van der Waals surface area contributed by atoms with Gasteiger partial charge in [0.1, 0.15) is 0 Å². The summed E-state index contributed by atoms with van der Waals surface area (Å²) in [6, 6.07) is 15.0. The summed E-state index contributed by atoms with van der Waals surface area (Å²) in [5, 5.41) is 0. The van der Waals surface area contributed by atoms with Crippen LogP contribution in [-0.2, 0) is 16.6 Å². The van der Waals surface area contributed by atoms with Gasteiger partial charge in [0.15, 0.2) is 0 Å². The summed E-state index contributed by atoms with van der Waals surface area (Å²) in [5.74, 6) is 0.505. The molecule has 0 amide bonds. The highest BCUT2D eigenvalue weighted by Crippen LogP contribution is 2.20. The Kier molecular flexibility index (Phi) is 3.97. The summed E-state index contributed by atoms with van der Waals surface area (Å²) in [6.45, 7) is 0. The highest BCUT2D eigenvalue weighted by atomic mass is 79.9. The standard InChI is InChI=1S/C13H12BrNOS/c14-13-4-2-1-3-10(13)9-17(16)12-7-5-11(15)6-8-12/h1-8H,9,15H2. The Morgan fingerprint density at radius 2 is 1.71 bits per heavy atom. The molecule has 0 bridgehead atoms. The van der Waals surface area contributed by atoms with Gasteiger partial charge in [-0.05, 0) is 35.9 Å². The first-order valence-electron chi connectivity index (χ1n) is 5.14. The van der Waals surface area contributed by atoms with E-state index in [4.69, 9.17) is 5.73 Å². The van der Waals surface area contributed by atoms with E-state index < -0.39 is 10.8 Å². The Bertz CT molecular complexity index is 539. The molecule has 0 aliphatic rings. The van der Waals surface area contributed by atoms with Crippen molar-refractivity contribution in [3.63, 3.8) is 0 Å². The van der Waals surface area contributed by atoms with Crippen LogP contribution in [0.5, 0.6) is 0 Å². The fourth-order valence-corrected chi connectivity index (χ4v) is 3.21. The van der Waals surface area contributed by atoms with E-state index in [1.54, 1.807) is 12.1 Å². The lowest BCUT2D eigenvalue weighted by Crippen LogP contribution is -1.97. The van der Waals surface area contributed by atoms with Crippen LogP contribution in [-0.4, -0.2) is 4.21 Å². The van der Waals surface area contributed by atoms with E-state index in [2.05, 4.69) is 15.9 Å². The highest BCUT2D eigenvalue weighted by Gasteiger charge is 2.07. The highest BCUT2D eigenvalue weighted by molar-refractivity contribution is 9.10. The topological polar surface area (TPSA) is 43.1 Å². The lowest BCUT2D eigenvalue weighted by atomic mass is 10.2. The first kappa shape index (κ1) is 12.3. The second-order valence-corrected chi connectivity index (χ2v) is 5.96. The number of nitrogens with two attached hydrogens (primary N) is 1. The lowest BCUT2D eigenvalue weighted by molar-refractivity contribution is 0.682. The predicted octanol–water partition coefficient (Wildman–Crippen LogP) is 3.34. The van der Waals surface area contributed by atoms with Crippen LogP contribution in [0.1, 0.15) is 5.56 Å². The molecule has 0 fully saturated rings. The van der Waals surface area contributed by atoms with Gasteiger partial charge in [0.2, 0.25) is 0 Å². The third kappa shape index (κ3) is 3.17. The van der Waals surface area contributed by atoms with Crippen LogP contribution in [0, 0.1) is 0 Å². The molecule has 0 spiro atoms. The van der Waals surface area contributed by atoms with E-state index in [1.807, 2.05) is 36.4 Å². The quantitative estimate of drug-likeness (QED) is 0.884. The minimum atomic E-state index is -1.04. The molecule has 2 N–H and O–H groups in total. The average molecular weight is 310 g/mol. The molecule has 88 valence electrons. The van der Waals surface area contributed by atoms with Gasteiger partial charge >= 0.3 is 0 Å². The first-order valence-corrected chi connectivity index (χ1v) is 7.25. The lowest BCUT2D eigenvalue weighted by Gasteiger charge is -2.05. The van der Waals surface area contributed by atoms with E-state index in [-0.39, 0.29) is 0 Å². The van der Waals surface area contributed by atoms with E-state index in [0.29, 0.717) is 11.4 Å². The van der Waals surface area contributed by atoms with Crippen molar-refractivity contribution in [1.29, 1.82) is 0 Å². The molecule has 2 rings (SSSR count). The number of nitrogen functional groups attached to an aromatic ring is 1. The molecule has 2 aromatic rings. The van der Waals surface area contributed by atoms with Gasteiger partial charge in [-0.2, -0.15) is 0 Å². The molecule has 0 aromatic heterocycles. The molecular weight excluding hydrogens is 298 g/mol. The van der Waals surface area contributed by atoms with Gasteiger partial charge in [-0.15, -0.1) is 0 Å². The predicted molar refractivity (Wildman–Crippen MR) is 75.1 cm³/mol. The van der Waals surface area contributed by atoms with Crippen LogP contribution in [0.2, 0.25) is 0 Å². The minimum absolute atomic E-state index is 0.505. The average Bonchev–Trinajstić information content (AvgIpc) is 2.33. The monoisotopic (exact) mass is 309 g/mol. The summed E-state index contributed by atoms with van der Waals surface area (Å²) < 4.78 is 13.1. The molecule has 0 saturated heterocycles. The molecule has 0 aliphatic carbocycles. The van der Waals surface area contributed by atoms with Crippen LogP contribution in [0.4, 0.5) is 5.69 Å². The SMILES string of the molecule is Nc1ccc(S(=O)Cc2ccccc2Br)cc1. The number of hydrogen-bond donors (Lipinski definition) is 1. The summed E-state index contributed by atoms with van der Waals surface area (Å²) in [4.78, 5) is 0.801. The molecule has 0 radical (unpaired) electrons. The van der Waals surface area contributed by atoms with Crippen molar-refractivity contribution in [2.75, 3.05) is 5.73 Å². The van der Waals surface area contributed by atoms with Crippen molar-refractivity contribution < 1.29 is 4.21 Å². The van der Waals surface area contributed by atoms with Crippen molar-refractivity contribution >= 4 is 32.4 Å². The second kappa shape index (κ2) is 5.47.